The average Bonchev–Trinajstić information content (AvgIpc) is 2.40. The molecule has 0 aromatic rings. The minimum atomic E-state index is 0.458. The summed E-state index contributed by atoms with van der Waals surface area (Å²) >= 11 is 0. The van der Waals surface area contributed by atoms with Crippen molar-refractivity contribution in [2.24, 2.45) is 11.7 Å². The van der Waals surface area contributed by atoms with E-state index < -0.39 is 0 Å². The molecule has 106 valence electrons. The third kappa shape index (κ3) is 3.94. The molecular formula is C15H31N3. The normalized spacial score (nSPS) is 32.8. The number of likely N-dealkylation sites (tertiary alicyclic amines) is 2. The zero-order valence-corrected chi connectivity index (χ0v) is 12.3. The van der Waals surface area contributed by atoms with Crippen molar-refractivity contribution in [3.63, 3.8) is 0 Å². The maximum Gasteiger partial charge on any atom is 0.0112 e. The molecule has 2 atom stereocenters. The van der Waals surface area contributed by atoms with Gasteiger partial charge in [0.05, 0.1) is 0 Å². The lowest BCUT2D eigenvalue weighted by atomic mass is 9.91. The van der Waals surface area contributed by atoms with E-state index in [2.05, 4.69) is 23.6 Å². The Morgan fingerprint density at radius 3 is 2.44 bits per heavy atom. The van der Waals surface area contributed by atoms with Gasteiger partial charge < -0.3 is 10.6 Å². The van der Waals surface area contributed by atoms with E-state index in [0.29, 0.717) is 6.04 Å². The molecule has 2 aliphatic heterocycles. The topological polar surface area (TPSA) is 32.5 Å². The summed E-state index contributed by atoms with van der Waals surface area (Å²) in [7, 11) is 0. The Morgan fingerprint density at radius 2 is 1.78 bits per heavy atom. The summed E-state index contributed by atoms with van der Waals surface area (Å²) in [5.41, 5.74) is 5.96. The van der Waals surface area contributed by atoms with Gasteiger partial charge in [0.2, 0.25) is 0 Å². The number of nitrogens with two attached hydrogens (primary N) is 1. The van der Waals surface area contributed by atoms with Crippen molar-refractivity contribution >= 4 is 0 Å². The Morgan fingerprint density at radius 1 is 1.06 bits per heavy atom. The summed E-state index contributed by atoms with van der Waals surface area (Å²) in [5.74, 6) is 0.941. The maximum atomic E-state index is 5.96. The summed E-state index contributed by atoms with van der Waals surface area (Å²) in [6.45, 7) is 11.0. The summed E-state index contributed by atoms with van der Waals surface area (Å²) in [5, 5.41) is 0. The Kier molecular flexibility index (Phi) is 5.46. The first-order valence-corrected chi connectivity index (χ1v) is 7.91. The minimum absolute atomic E-state index is 0.458. The van der Waals surface area contributed by atoms with Crippen LogP contribution < -0.4 is 5.73 Å². The first-order valence-electron chi connectivity index (χ1n) is 7.91. The van der Waals surface area contributed by atoms with Gasteiger partial charge in [0.15, 0.2) is 0 Å². The van der Waals surface area contributed by atoms with E-state index in [9.17, 15) is 0 Å². The van der Waals surface area contributed by atoms with Gasteiger partial charge in [-0.25, -0.2) is 0 Å². The summed E-state index contributed by atoms with van der Waals surface area (Å²) in [6, 6.07) is 1.25. The van der Waals surface area contributed by atoms with Crippen molar-refractivity contribution in [3.05, 3.63) is 0 Å². The van der Waals surface area contributed by atoms with Crippen LogP contribution in [0.4, 0.5) is 0 Å². The third-order valence-corrected chi connectivity index (χ3v) is 5.02. The van der Waals surface area contributed by atoms with Crippen LogP contribution in [0.3, 0.4) is 0 Å². The quantitative estimate of drug-likeness (QED) is 0.831. The van der Waals surface area contributed by atoms with Crippen LogP contribution in [0.1, 0.15) is 46.0 Å². The standard InChI is InChI=1S/C15H31N3/c1-3-14-5-4-13(2)18(12-14)11-10-17-8-6-15(16)7-9-17/h13-15H,3-12,16H2,1-2H3. The Labute approximate surface area is 113 Å². The molecule has 0 bridgehead atoms. The van der Waals surface area contributed by atoms with Crippen molar-refractivity contribution in [2.75, 3.05) is 32.7 Å². The number of nitrogens with zero attached hydrogens (tertiary/aromatic N) is 2. The molecule has 0 aliphatic carbocycles. The molecule has 2 unspecified atom stereocenters. The van der Waals surface area contributed by atoms with Crippen LogP contribution in [0.25, 0.3) is 0 Å². The highest BCUT2D eigenvalue weighted by Crippen LogP contribution is 2.23. The maximum absolute atomic E-state index is 5.96. The summed E-state index contributed by atoms with van der Waals surface area (Å²) < 4.78 is 0. The minimum Gasteiger partial charge on any atom is -0.328 e. The fraction of sp³-hybridized carbons (Fsp3) is 1.00. The predicted molar refractivity (Wildman–Crippen MR) is 77.7 cm³/mol. The van der Waals surface area contributed by atoms with Crippen molar-refractivity contribution in [3.8, 4) is 0 Å². The fourth-order valence-corrected chi connectivity index (χ4v) is 3.35. The molecule has 0 aromatic carbocycles. The average molecular weight is 253 g/mol. The molecule has 2 aliphatic rings. The van der Waals surface area contributed by atoms with Gasteiger partial charge in [0.1, 0.15) is 0 Å². The summed E-state index contributed by atoms with van der Waals surface area (Å²) in [4.78, 5) is 5.32. The van der Waals surface area contributed by atoms with E-state index in [4.69, 9.17) is 5.73 Å². The molecule has 0 saturated carbocycles. The highest BCUT2D eigenvalue weighted by Gasteiger charge is 2.25. The van der Waals surface area contributed by atoms with Crippen molar-refractivity contribution < 1.29 is 0 Å². The zero-order chi connectivity index (χ0) is 13.0. The van der Waals surface area contributed by atoms with Crippen LogP contribution in [0, 0.1) is 5.92 Å². The van der Waals surface area contributed by atoms with Gasteiger partial charge in [-0.2, -0.15) is 0 Å². The molecule has 0 radical (unpaired) electrons. The van der Waals surface area contributed by atoms with Gasteiger partial charge in [0, 0.05) is 31.7 Å². The molecule has 2 fully saturated rings. The fourth-order valence-electron chi connectivity index (χ4n) is 3.35. The first kappa shape index (κ1) is 14.3. The van der Waals surface area contributed by atoms with Crippen LogP contribution in [0.5, 0.6) is 0 Å². The molecule has 2 rings (SSSR count). The first-order chi connectivity index (χ1) is 8.69. The van der Waals surface area contributed by atoms with Crippen LogP contribution in [0.15, 0.2) is 0 Å². The van der Waals surface area contributed by atoms with Crippen LogP contribution in [-0.2, 0) is 0 Å². The molecular weight excluding hydrogens is 222 g/mol. The van der Waals surface area contributed by atoms with E-state index in [-0.39, 0.29) is 0 Å². The molecule has 0 amide bonds. The highest BCUT2D eigenvalue weighted by atomic mass is 15.2. The molecule has 2 N–H and O–H groups in total. The molecule has 0 spiro atoms. The van der Waals surface area contributed by atoms with Gasteiger partial charge in [-0.05, 0) is 51.6 Å². The number of piperidine rings is 2. The SMILES string of the molecule is CCC1CCC(C)N(CCN2CCC(N)CC2)C1. The van der Waals surface area contributed by atoms with Gasteiger partial charge in [-0.1, -0.05) is 13.3 Å². The largest absolute Gasteiger partial charge is 0.328 e. The molecule has 2 saturated heterocycles. The van der Waals surface area contributed by atoms with E-state index in [1.54, 1.807) is 0 Å². The summed E-state index contributed by atoms with van der Waals surface area (Å²) in [6.07, 6.45) is 6.55. The van der Waals surface area contributed by atoms with Gasteiger partial charge in [-0.3, -0.25) is 4.90 Å². The van der Waals surface area contributed by atoms with Crippen molar-refractivity contribution in [1.29, 1.82) is 0 Å². The molecule has 2 heterocycles. The highest BCUT2D eigenvalue weighted by molar-refractivity contribution is 4.80. The van der Waals surface area contributed by atoms with Gasteiger partial charge in [-0.15, -0.1) is 0 Å². The second-order valence-electron chi connectivity index (χ2n) is 6.37. The predicted octanol–water partition coefficient (Wildman–Crippen LogP) is 1.92. The third-order valence-electron chi connectivity index (χ3n) is 5.02. The second-order valence-corrected chi connectivity index (χ2v) is 6.37. The molecule has 18 heavy (non-hydrogen) atoms. The van der Waals surface area contributed by atoms with E-state index >= 15 is 0 Å². The molecule has 3 heteroatoms. The van der Waals surface area contributed by atoms with E-state index in [1.807, 2.05) is 0 Å². The van der Waals surface area contributed by atoms with Gasteiger partial charge >= 0.3 is 0 Å². The lowest BCUT2D eigenvalue weighted by Crippen LogP contribution is -2.47. The van der Waals surface area contributed by atoms with Crippen LogP contribution in [0.2, 0.25) is 0 Å². The number of rotatable bonds is 4. The lowest BCUT2D eigenvalue weighted by molar-refractivity contribution is 0.0938. The smallest absolute Gasteiger partial charge is 0.0112 e. The monoisotopic (exact) mass is 253 g/mol. The van der Waals surface area contributed by atoms with Crippen LogP contribution in [-0.4, -0.2) is 54.6 Å². The van der Waals surface area contributed by atoms with E-state index in [1.165, 1.54) is 64.8 Å². The molecule has 3 nitrogen and oxygen atoms in total. The van der Waals surface area contributed by atoms with Crippen LogP contribution >= 0.6 is 0 Å². The van der Waals surface area contributed by atoms with Gasteiger partial charge in [0.25, 0.3) is 0 Å². The second kappa shape index (κ2) is 6.88. The Bertz CT molecular complexity index is 236. The Balaban J connectivity index is 1.71. The lowest BCUT2D eigenvalue weighted by Gasteiger charge is -2.39. The van der Waals surface area contributed by atoms with E-state index in [0.717, 1.165) is 12.0 Å². The Hall–Kier alpha value is -0.120. The molecule has 0 aromatic heterocycles. The zero-order valence-electron chi connectivity index (χ0n) is 12.3. The van der Waals surface area contributed by atoms with Crippen molar-refractivity contribution in [1.82, 2.24) is 9.80 Å². The van der Waals surface area contributed by atoms with Crippen molar-refractivity contribution in [2.45, 2.75) is 58.0 Å². The number of hydrogen-bond acceptors (Lipinski definition) is 3. The number of hydrogen-bond donors (Lipinski definition) is 1.